The zero-order chi connectivity index (χ0) is 14.4. The highest BCUT2D eigenvalue weighted by molar-refractivity contribution is 8.13. The van der Waals surface area contributed by atoms with Crippen LogP contribution in [-0.2, 0) is 15.2 Å². The lowest BCUT2D eigenvalue weighted by Gasteiger charge is -2.09. The summed E-state index contributed by atoms with van der Waals surface area (Å²) in [4.78, 5) is 10.5. The van der Waals surface area contributed by atoms with Crippen LogP contribution >= 0.6 is 10.7 Å². The quantitative estimate of drug-likeness (QED) is 0.600. The molecule has 1 aromatic carbocycles. The topological polar surface area (TPSA) is 64.3 Å². The van der Waals surface area contributed by atoms with Gasteiger partial charge in [-0.15, -0.1) is 0 Å². The highest BCUT2D eigenvalue weighted by Gasteiger charge is 2.34. The van der Waals surface area contributed by atoms with Crippen molar-refractivity contribution in [2.24, 2.45) is 0 Å². The molecule has 1 aromatic heterocycles. The molecule has 0 spiro atoms. The van der Waals surface area contributed by atoms with E-state index in [1.54, 1.807) is 0 Å². The molecule has 1 heterocycles. The molecular formula is C10H4ClF3O4S. The average Bonchev–Trinajstić information content (AvgIpc) is 2.24. The van der Waals surface area contributed by atoms with E-state index >= 15 is 0 Å². The summed E-state index contributed by atoms with van der Waals surface area (Å²) >= 11 is 0. The normalized spacial score (nSPS) is 12.8. The van der Waals surface area contributed by atoms with Gasteiger partial charge < -0.3 is 4.42 Å². The predicted molar refractivity (Wildman–Crippen MR) is 60.5 cm³/mol. The molecule has 0 N–H and O–H groups in total. The fourth-order valence-electron chi connectivity index (χ4n) is 1.53. The number of hydrogen-bond acceptors (Lipinski definition) is 4. The fourth-order valence-corrected chi connectivity index (χ4v) is 2.31. The zero-order valence-electron chi connectivity index (χ0n) is 8.86. The summed E-state index contributed by atoms with van der Waals surface area (Å²) in [5, 5.41) is -0.547. The van der Waals surface area contributed by atoms with Crippen LogP contribution in [0.15, 0.2) is 38.4 Å². The van der Waals surface area contributed by atoms with Gasteiger partial charge in [-0.2, -0.15) is 13.2 Å². The van der Waals surface area contributed by atoms with Crippen LogP contribution in [0.1, 0.15) is 5.56 Å². The summed E-state index contributed by atoms with van der Waals surface area (Å²) in [7, 11) is 0.874. The number of alkyl halides is 3. The molecule has 4 nitrogen and oxygen atoms in total. The Morgan fingerprint density at radius 2 is 1.79 bits per heavy atom. The Balaban J connectivity index is 2.92. The van der Waals surface area contributed by atoms with Crippen molar-refractivity contribution in [1.29, 1.82) is 0 Å². The van der Waals surface area contributed by atoms with Crippen LogP contribution in [0.4, 0.5) is 13.2 Å². The monoisotopic (exact) mass is 312 g/mol. The maximum atomic E-state index is 12.8. The number of fused-ring (bicyclic) bond motifs is 1. The van der Waals surface area contributed by atoms with E-state index < -0.39 is 36.7 Å². The fraction of sp³-hybridized carbons (Fsp3) is 0.100. The largest absolute Gasteiger partial charge is 0.423 e. The Labute approximate surface area is 108 Å². The third-order valence-corrected chi connectivity index (χ3v) is 3.65. The Bertz CT molecular complexity index is 808. The van der Waals surface area contributed by atoms with Gasteiger partial charge in [-0.05, 0) is 18.2 Å². The van der Waals surface area contributed by atoms with Gasteiger partial charge in [-0.1, -0.05) is 0 Å². The molecule has 19 heavy (non-hydrogen) atoms. The summed E-state index contributed by atoms with van der Waals surface area (Å²) in [6, 6.07) is 2.87. The van der Waals surface area contributed by atoms with Crippen LogP contribution in [0, 0.1) is 0 Å². The van der Waals surface area contributed by atoms with E-state index in [0.29, 0.717) is 6.07 Å². The molecule has 0 radical (unpaired) electrons. The Hall–Kier alpha value is -1.54. The van der Waals surface area contributed by atoms with Gasteiger partial charge in [0.15, 0.2) is 0 Å². The van der Waals surface area contributed by atoms with E-state index in [1.165, 1.54) is 0 Å². The van der Waals surface area contributed by atoms with Crippen molar-refractivity contribution < 1.29 is 26.0 Å². The molecule has 0 unspecified atom stereocenters. The Morgan fingerprint density at radius 3 is 2.32 bits per heavy atom. The molecular weight excluding hydrogens is 309 g/mol. The highest BCUT2D eigenvalue weighted by Crippen LogP contribution is 2.34. The Morgan fingerprint density at radius 1 is 1.16 bits per heavy atom. The first-order chi connectivity index (χ1) is 8.59. The molecule has 102 valence electrons. The molecule has 0 saturated heterocycles. The maximum Gasteiger partial charge on any atom is 0.417 e. The van der Waals surface area contributed by atoms with Crippen LogP contribution in [0.3, 0.4) is 0 Å². The van der Waals surface area contributed by atoms with Crippen molar-refractivity contribution >= 4 is 30.7 Å². The van der Waals surface area contributed by atoms with Gasteiger partial charge >= 0.3 is 11.8 Å². The van der Waals surface area contributed by atoms with E-state index in [9.17, 15) is 26.4 Å². The molecule has 2 aromatic rings. The molecule has 0 atom stereocenters. The van der Waals surface area contributed by atoms with Crippen LogP contribution in [-0.4, -0.2) is 8.42 Å². The SMILES string of the molecule is O=c1cc(C(F)(F)F)c2cc(S(=O)(=O)Cl)ccc2o1. The second-order valence-electron chi connectivity index (χ2n) is 3.57. The van der Waals surface area contributed by atoms with E-state index in [1.807, 2.05) is 0 Å². The predicted octanol–water partition coefficient (Wildman–Crippen LogP) is 2.74. The van der Waals surface area contributed by atoms with Crippen molar-refractivity contribution in [2.75, 3.05) is 0 Å². The first kappa shape index (κ1) is 13.9. The van der Waals surface area contributed by atoms with E-state index in [-0.39, 0.29) is 11.6 Å². The van der Waals surface area contributed by atoms with Gasteiger partial charge in [0.2, 0.25) is 0 Å². The van der Waals surface area contributed by atoms with Gasteiger partial charge in [0.1, 0.15) is 5.58 Å². The third kappa shape index (κ3) is 2.74. The van der Waals surface area contributed by atoms with Gasteiger partial charge in [0, 0.05) is 22.1 Å². The minimum Gasteiger partial charge on any atom is -0.423 e. The summed E-state index contributed by atoms with van der Waals surface area (Å²) in [6.45, 7) is 0. The van der Waals surface area contributed by atoms with E-state index in [4.69, 9.17) is 10.7 Å². The smallest absolute Gasteiger partial charge is 0.417 e. The summed E-state index contributed by atoms with van der Waals surface area (Å²) in [6.07, 6.45) is -4.82. The van der Waals surface area contributed by atoms with Crippen molar-refractivity contribution in [3.63, 3.8) is 0 Å². The Kier molecular flexibility index (Phi) is 3.10. The average molecular weight is 313 g/mol. The summed E-state index contributed by atoms with van der Waals surface area (Å²) in [5.41, 5.74) is -2.83. The first-order valence-corrected chi connectivity index (χ1v) is 7.00. The standard InChI is InChI=1S/C10H4ClF3O4S/c11-19(16,17)5-1-2-8-6(3-5)7(10(12,13)14)4-9(15)18-8/h1-4H. The van der Waals surface area contributed by atoms with Gasteiger partial charge in [0.05, 0.1) is 10.5 Å². The van der Waals surface area contributed by atoms with Crippen molar-refractivity contribution in [2.45, 2.75) is 11.1 Å². The van der Waals surface area contributed by atoms with Crippen molar-refractivity contribution in [3.8, 4) is 0 Å². The van der Waals surface area contributed by atoms with Crippen molar-refractivity contribution in [1.82, 2.24) is 0 Å². The van der Waals surface area contributed by atoms with Gasteiger partial charge in [0.25, 0.3) is 9.05 Å². The maximum absolute atomic E-state index is 12.8. The number of rotatable bonds is 1. The highest BCUT2D eigenvalue weighted by atomic mass is 35.7. The molecule has 0 bridgehead atoms. The minimum atomic E-state index is -4.82. The van der Waals surface area contributed by atoms with Crippen LogP contribution in [0.2, 0.25) is 0 Å². The molecule has 0 saturated carbocycles. The second kappa shape index (κ2) is 4.24. The molecule has 0 aliphatic carbocycles. The van der Waals surface area contributed by atoms with Crippen molar-refractivity contribution in [3.05, 3.63) is 40.2 Å². The molecule has 0 amide bonds. The minimum absolute atomic E-state index is 0.257. The number of hydrogen-bond donors (Lipinski definition) is 0. The van der Waals surface area contributed by atoms with Crippen LogP contribution < -0.4 is 5.63 Å². The molecule has 9 heteroatoms. The summed E-state index contributed by atoms with van der Waals surface area (Å²) < 4.78 is 65.1. The summed E-state index contributed by atoms with van der Waals surface area (Å²) in [5.74, 6) is 0. The molecule has 2 rings (SSSR count). The van der Waals surface area contributed by atoms with E-state index in [0.717, 1.165) is 12.1 Å². The molecule has 0 aliphatic heterocycles. The lowest BCUT2D eigenvalue weighted by atomic mass is 10.1. The first-order valence-electron chi connectivity index (χ1n) is 4.69. The van der Waals surface area contributed by atoms with Crippen LogP contribution in [0.5, 0.6) is 0 Å². The molecule has 0 fully saturated rings. The number of benzene rings is 1. The van der Waals surface area contributed by atoms with Crippen LogP contribution in [0.25, 0.3) is 11.0 Å². The zero-order valence-corrected chi connectivity index (χ0v) is 10.4. The molecule has 0 aliphatic rings. The lowest BCUT2D eigenvalue weighted by molar-refractivity contribution is -0.136. The van der Waals surface area contributed by atoms with Gasteiger partial charge in [-0.3, -0.25) is 0 Å². The van der Waals surface area contributed by atoms with E-state index in [2.05, 4.69) is 4.42 Å². The second-order valence-corrected chi connectivity index (χ2v) is 6.14. The lowest BCUT2D eigenvalue weighted by Crippen LogP contribution is -2.11. The number of halogens is 4. The van der Waals surface area contributed by atoms with Gasteiger partial charge in [-0.25, -0.2) is 13.2 Å². The third-order valence-electron chi connectivity index (χ3n) is 2.30.